The number of aliphatic imine (C=N–C) groups is 1. The second-order valence-electron chi connectivity index (χ2n) is 6.23. The van der Waals surface area contributed by atoms with Gasteiger partial charge in [-0.15, -0.1) is 0 Å². The highest BCUT2D eigenvalue weighted by Gasteiger charge is 2.33. The van der Waals surface area contributed by atoms with Gasteiger partial charge in [0.05, 0.1) is 13.2 Å². The van der Waals surface area contributed by atoms with E-state index in [2.05, 4.69) is 15.2 Å². The minimum Gasteiger partial charge on any atom is -0.396 e. The van der Waals surface area contributed by atoms with Gasteiger partial charge in [-0.1, -0.05) is 0 Å². The summed E-state index contributed by atoms with van der Waals surface area (Å²) in [7, 11) is 3.58. The molecule has 0 amide bonds. The van der Waals surface area contributed by atoms with E-state index in [0.717, 1.165) is 64.7 Å². The van der Waals surface area contributed by atoms with Gasteiger partial charge in [0.25, 0.3) is 0 Å². The molecule has 2 fully saturated rings. The van der Waals surface area contributed by atoms with E-state index in [-0.39, 0.29) is 12.0 Å². The van der Waals surface area contributed by atoms with E-state index in [0.29, 0.717) is 5.92 Å². The molecule has 6 nitrogen and oxygen atoms in total. The van der Waals surface area contributed by atoms with Crippen LogP contribution in [0.1, 0.15) is 19.3 Å². The van der Waals surface area contributed by atoms with E-state index in [1.54, 1.807) is 7.11 Å². The minimum atomic E-state index is -0.0696. The van der Waals surface area contributed by atoms with Crippen LogP contribution >= 0.6 is 0 Å². The van der Waals surface area contributed by atoms with Crippen LogP contribution in [-0.2, 0) is 9.47 Å². The van der Waals surface area contributed by atoms with Crippen LogP contribution in [0.25, 0.3) is 0 Å². The molecule has 0 bridgehead atoms. The lowest BCUT2D eigenvalue weighted by atomic mass is 9.81. The molecule has 2 aliphatic rings. The molecule has 2 rings (SSSR count). The number of likely N-dealkylation sites (tertiary alicyclic amines) is 1. The zero-order valence-corrected chi connectivity index (χ0v) is 13.3. The molecule has 0 saturated carbocycles. The number of nitrogens with one attached hydrogen (secondary N) is 1. The van der Waals surface area contributed by atoms with Gasteiger partial charge >= 0.3 is 0 Å². The summed E-state index contributed by atoms with van der Waals surface area (Å²) in [5.41, 5.74) is -0.0696. The molecular formula is C15H29N3O3. The first-order valence-electron chi connectivity index (χ1n) is 7.86. The number of hydrogen-bond acceptors (Lipinski definition) is 4. The molecule has 21 heavy (non-hydrogen) atoms. The van der Waals surface area contributed by atoms with Crippen molar-refractivity contribution < 1.29 is 14.6 Å². The van der Waals surface area contributed by atoms with Crippen LogP contribution in [0.3, 0.4) is 0 Å². The zero-order chi connectivity index (χ0) is 15.1. The summed E-state index contributed by atoms with van der Waals surface area (Å²) >= 11 is 0. The van der Waals surface area contributed by atoms with Crippen molar-refractivity contribution in [1.29, 1.82) is 0 Å². The summed E-state index contributed by atoms with van der Waals surface area (Å²) < 4.78 is 10.6. The second kappa shape index (κ2) is 7.96. The van der Waals surface area contributed by atoms with E-state index in [4.69, 9.17) is 9.47 Å². The van der Waals surface area contributed by atoms with Crippen LogP contribution in [0.15, 0.2) is 4.99 Å². The number of hydrogen-bond donors (Lipinski definition) is 2. The second-order valence-corrected chi connectivity index (χ2v) is 6.23. The van der Waals surface area contributed by atoms with Gasteiger partial charge in [-0.25, -0.2) is 0 Å². The molecular weight excluding hydrogens is 270 g/mol. The summed E-state index contributed by atoms with van der Waals surface area (Å²) in [5.74, 6) is 1.52. The monoisotopic (exact) mass is 299 g/mol. The van der Waals surface area contributed by atoms with Crippen molar-refractivity contribution in [3.05, 3.63) is 0 Å². The molecule has 2 saturated heterocycles. The highest BCUT2D eigenvalue weighted by Crippen LogP contribution is 2.29. The van der Waals surface area contributed by atoms with Crippen LogP contribution in [0.5, 0.6) is 0 Å². The summed E-state index contributed by atoms with van der Waals surface area (Å²) in [6.45, 7) is 5.25. The van der Waals surface area contributed by atoms with Crippen molar-refractivity contribution in [2.75, 3.05) is 60.2 Å². The quantitative estimate of drug-likeness (QED) is 0.565. The molecule has 122 valence electrons. The SMILES string of the molecule is CN=C(NCC1(CO)CCOCC1)N1CCC(COC)C1. The van der Waals surface area contributed by atoms with Crippen LogP contribution < -0.4 is 5.32 Å². The van der Waals surface area contributed by atoms with E-state index >= 15 is 0 Å². The number of aliphatic hydroxyl groups excluding tert-OH is 1. The fraction of sp³-hybridized carbons (Fsp3) is 0.933. The number of rotatable bonds is 5. The zero-order valence-electron chi connectivity index (χ0n) is 13.3. The molecule has 1 atom stereocenters. The summed E-state index contributed by atoms with van der Waals surface area (Å²) in [6, 6.07) is 0. The maximum Gasteiger partial charge on any atom is 0.193 e. The van der Waals surface area contributed by atoms with E-state index in [9.17, 15) is 5.11 Å². The maximum atomic E-state index is 9.74. The molecule has 0 aromatic heterocycles. The Morgan fingerprint density at radius 1 is 1.48 bits per heavy atom. The number of methoxy groups -OCH3 is 1. The van der Waals surface area contributed by atoms with E-state index < -0.39 is 0 Å². The Morgan fingerprint density at radius 3 is 2.86 bits per heavy atom. The Hall–Kier alpha value is -0.850. The Balaban J connectivity index is 1.85. The largest absolute Gasteiger partial charge is 0.396 e. The molecule has 0 spiro atoms. The van der Waals surface area contributed by atoms with E-state index in [1.165, 1.54) is 0 Å². The molecule has 0 radical (unpaired) electrons. The lowest BCUT2D eigenvalue weighted by Crippen LogP contribution is -2.48. The van der Waals surface area contributed by atoms with Gasteiger partial charge in [-0.2, -0.15) is 0 Å². The average Bonchev–Trinajstić information content (AvgIpc) is 2.98. The van der Waals surface area contributed by atoms with Crippen LogP contribution in [-0.4, -0.2) is 76.2 Å². The van der Waals surface area contributed by atoms with Crippen molar-refractivity contribution in [3.63, 3.8) is 0 Å². The predicted molar refractivity (Wildman–Crippen MR) is 82.5 cm³/mol. The third-order valence-electron chi connectivity index (χ3n) is 4.71. The first kappa shape index (κ1) is 16.5. The smallest absolute Gasteiger partial charge is 0.193 e. The van der Waals surface area contributed by atoms with Crippen LogP contribution in [0.4, 0.5) is 0 Å². The minimum absolute atomic E-state index is 0.0696. The first-order valence-corrected chi connectivity index (χ1v) is 7.86. The van der Waals surface area contributed by atoms with Crippen molar-refractivity contribution in [2.24, 2.45) is 16.3 Å². The number of aliphatic hydroxyl groups is 1. The molecule has 1 unspecified atom stereocenters. The molecule has 6 heteroatoms. The fourth-order valence-electron chi connectivity index (χ4n) is 3.19. The molecule has 2 aliphatic heterocycles. The topological polar surface area (TPSA) is 66.3 Å². The summed E-state index contributed by atoms with van der Waals surface area (Å²) in [4.78, 5) is 6.68. The lowest BCUT2D eigenvalue weighted by molar-refractivity contribution is -0.0134. The standard InChI is InChI=1S/C15H29N3O3/c1-16-14(18-6-3-13(9-18)10-20-2)17-11-15(12-19)4-7-21-8-5-15/h13,19H,3-12H2,1-2H3,(H,16,17). The number of guanidine groups is 1. The number of nitrogens with zero attached hydrogens (tertiary/aromatic N) is 2. The van der Waals surface area contributed by atoms with Crippen molar-refractivity contribution in [1.82, 2.24) is 10.2 Å². The Bertz CT molecular complexity index is 343. The Kier molecular flexibility index (Phi) is 6.26. The van der Waals surface area contributed by atoms with Crippen molar-refractivity contribution in [2.45, 2.75) is 19.3 Å². The van der Waals surface area contributed by atoms with Crippen molar-refractivity contribution in [3.8, 4) is 0 Å². The van der Waals surface area contributed by atoms with Crippen molar-refractivity contribution >= 4 is 5.96 Å². The molecule has 2 N–H and O–H groups in total. The Labute approximate surface area is 127 Å². The molecule has 0 aliphatic carbocycles. The normalized spacial score (nSPS) is 26.1. The highest BCUT2D eigenvalue weighted by molar-refractivity contribution is 5.80. The van der Waals surface area contributed by atoms with Crippen LogP contribution in [0, 0.1) is 11.3 Å². The maximum absolute atomic E-state index is 9.74. The average molecular weight is 299 g/mol. The molecule has 0 aromatic carbocycles. The lowest BCUT2D eigenvalue weighted by Gasteiger charge is -2.36. The van der Waals surface area contributed by atoms with Gasteiger partial charge in [0, 0.05) is 58.3 Å². The number of ether oxygens (including phenoxy) is 2. The van der Waals surface area contributed by atoms with Gasteiger partial charge in [-0.05, 0) is 19.3 Å². The summed E-state index contributed by atoms with van der Waals surface area (Å²) in [5, 5.41) is 13.2. The third-order valence-corrected chi connectivity index (χ3v) is 4.71. The Morgan fingerprint density at radius 2 is 2.24 bits per heavy atom. The fourth-order valence-corrected chi connectivity index (χ4v) is 3.19. The van der Waals surface area contributed by atoms with Crippen LogP contribution in [0.2, 0.25) is 0 Å². The highest BCUT2D eigenvalue weighted by atomic mass is 16.5. The van der Waals surface area contributed by atoms with Gasteiger partial charge in [0.1, 0.15) is 0 Å². The van der Waals surface area contributed by atoms with E-state index in [1.807, 2.05) is 7.05 Å². The molecule has 0 aromatic rings. The molecule has 2 heterocycles. The van der Waals surface area contributed by atoms with Gasteiger partial charge in [-0.3, -0.25) is 4.99 Å². The van der Waals surface area contributed by atoms with Gasteiger partial charge < -0.3 is 24.8 Å². The van der Waals surface area contributed by atoms with Gasteiger partial charge in [0.2, 0.25) is 0 Å². The predicted octanol–water partition coefficient (Wildman–Crippen LogP) is 0.319. The summed E-state index contributed by atoms with van der Waals surface area (Å²) in [6.07, 6.45) is 2.95. The third kappa shape index (κ3) is 4.31. The first-order chi connectivity index (χ1) is 10.2. The van der Waals surface area contributed by atoms with Gasteiger partial charge in [0.15, 0.2) is 5.96 Å².